The van der Waals surface area contributed by atoms with Crippen molar-refractivity contribution in [3.8, 4) is 16.9 Å². The molecule has 0 saturated heterocycles. The molecule has 3 aromatic carbocycles. The van der Waals surface area contributed by atoms with Crippen molar-refractivity contribution in [3.05, 3.63) is 94.7 Å². The summed E-state index contributed by atoms with van der Waals surface area (Å²) in [6, 6.07) is 19.0. The SMILES string of the molecule is CCN(CC)CCN(C)C(=O)c1ccc(Nc2nccc(NC(=O)OCCc3ccc(OC)cc3-c3ccc(C)c(C)c3C)n2)cc1. The van der Waals surface area contributed by atoms with Crippen molar-refractivity contribution in [2.45, 2.75) is 41.0 Å². The summed E-state index contributed by atoms with van der Waals surface area (Å²) >= 11 is 0. The van der Waals surface area contributed by atoms with Crippen LogP contribution in [0.3, 0.4) is 0 Å². The first-order valence-corrected chi connectivity index (χ1v) is 16.0. The maximum Gasteiger partial charge on any atom is 0.412 e. The molecule has 0 atom stereocenters. The molecule has 2 N–H and O–H groups in total. The Kier molecular flexibility index (Phi) is 12.3. The molecule has 47 heavy (non-hydrogen) atoms. The first-order valence-electron chi connectivity index (χ1n) is 16.0. The van der Waals surface area contributed by atoms with Crippen LogP contribution in [0.4, 0.5) is 22.2 Å². The highest BCUT2D eigenvalue weighted by Crippen LogP contribution is 2.33. The standard InChI is InChI=1S/C37H46N6O4/c1-8-43(9-2)22-21-42(6)35(44)29-11-14-30(15-12-29)39-36-38-20-18-34(40-36)41-37(45)47-23-19-28-13-16-31(46-7)24-33(28)32-17-10-25(3)26(4)27(32)5/h10-18,20,24H,8-9,19,21-23H2,1-7H3,(H2,38,39,40,41,45). The number of amides is 2. The normalized spacial score (nSPS) is 10.9. The fourth-order valence-electron chi connectivity index (χ4n) is 5.26. The number of ether oxygens (including phenoxy) is 2. The number of carbonyl (C=O) groups excluding carboxylic acids is 2. The Morgan fingerprint density at radius 2 is 1.62 bits per heavy atom. The second-order valence-electron chi connectivity index (χ2n) is 11.4. The minimum Gasteiger partial charge on any atom is -0.497 e. The third-order valence-corrected chi connectivity index (χ3v) is 8.54. The van der Waals surface area contributed by atoms with Gasteiger partial charge in [0.05, 0.1) is 13.7 Å². The van der Waals surface area contributed by atoms with Gasteiger partial charge < -0.3 is 24.6 Å². The Balaban J connectivity index is 1.32. The fraction of sp³-hybridized carbons (Fsp3) is 0.351. The van der Waals surface area contributed by atoms with Gasteiger partial charge in [0.25, 0.3) is 5.91 Å². The number of benzene rings is 3. The third kappa shape index (κ3) is 9.29. The molecule has 1 heterocycles. The number of nitrogens with zero attached hydrogens (tertiary/aromatic N) is 4. The molecule has 0 aliphatic heterocycles. The predicted molar refractivity (Wildman–Crippen MR) is 188 cm³/mol. The molecule has 0 fully saturated rings. The number of rotatable bonds is 14. The minimum absolute atomic E-state index is 0.0340. The Bertz CT molecular complexity index is 1670. The van der Waals surface area contributed by atoms with Gasteiger partial charge >= 0.3 is 6.09 Å². The van der Waals surface area contributed by atoms with Crippen molar-refractivity contribution in [2.75, 3.05) is 57.6 Å². The van der Waals surface area contributed by atoms with Crippen molar-refractivity contribution >= 4 is 29.5 Å². The van der Waals surface area contributed by atoms with Gasteiger partial charge in [-0.1, -0.05) is 32.0 Å². The van der Waals surface area contributed by atoms with Crippen molar-refractivity contribution < 1.29 is 19.1 Å². The van der Waals surface area contributed by atoms with Crippen LogP contribution < -0.4 is 15.4 Å². The predicted octanol–water partition coefficient (Wildman–Crippen LogP) is 7.03. The van der Waals surface area contributed by atoms with Crippen LogP contribution in [0.5, 0.6) is 5.75 Å². The topological polar surface area (TPSA) is 109 Å². The Morgan fingerprint density at radius 1 is 0.872 bits per heavy atom. The van der Waals surface area contributed by atoms with E-state index in [1.807, 2.05) is 25.2 Å². The van der Waals surface area contributed by atoms with Gasteiger partial charge in [-0.3, -0.25) is 10.1 Å². The van der Waals surface area contributed by atoms with Crippen LogP contribution in [0.15, 0.2) is 66.9 Å². The smallest absolute Gasteiger partial charge is 0.412 e. The summed E-state index contributed by atoms with van der Waals surface area (Å²) in [5.74, 6) is 1.33. The maximum absolute atomic E-state index is 12.9. The lowest BCUT2D eigenvalue weighted by atomic mass is 9.90. The summed E-state index contributed by atoms with van der Waals surface area (Å²) in [6.07, 6.45) is 1.46. The third-order valence-electron chi connectivity index (χ3n) is 8.54. The van der Waals surface area contributed by atoms with Gasteiger partial charge in [-0.05, 0) is 110 Å². The molecule has 1 aromatic heterocycles. The summed E-state index contributed by atoms with van der Waals surface area (Å²) in [7, 11) is 3.47. The number of aryl methyl sites for hydroxylation is 1. The average Bonchev–Trinajstić information content (AvgIpc) is 3.08. The van der Waals surface area contributed by atoms with Crippen LogP contribution in [0.2, 0.25) is 0 Å². The summed E-state index contributed by atoms with van der Waals surface area (Å²) in [6.45, 7) is 14.2. The zero-order valence-electron chi connectivity index (χ0n) is 28.5. The highest BCUT2D eigenvalue weighted by Gasteiger charge is 2.15. The second kappa shape index (κ2) is 16.6. The lowest BCUT2D eigenvalue weighted by molar-refractivity contribution is 0.0779. The lowest BCUT2D eigenvalue weighted by Crippen LogP contribution is -2.36. The summed E-state index contributed by atoms with van der Waals surface area (Å²) in [5, 5.41) is 5.80. The zero-order chi connectivity index (χ0) is 33.9. The Morgan fingerprint density at radius 3 is 2.32 bits per heavy atom. The molecule has 4 aromatic rings. The number of likely N-dealkylation sites (N-methyl/N-ethyl adjacent to an activating group) is 2. The van der Waals surface area contributed by atoms with Crippen LogP contribution in [0.1, 0.15) is 46.5 Å². The molecule has 248 valence electrons. The second-order valence-corrected chi connectivity index (χ2v) is 11.4. The number of anilines is 3. The number of hydrogen-bond donors (Lipinski definition) is 2. The van der Waals surface area contributed by atoms with E-state index >= 15 is 0 Å². The van der Waals surface area contributed by atoms with Gasteiger partial charge in [0, 0.05) is 44.0 Å². The van der Waals surface area contributed by atoms with Crippen LogP contribution in [0.25, 0.3) is 11.1 Å². The highest BCUT2D eigenvalue weighted by atomic mass is 16.5. The van der Waals surface area contributed by atoms with Gasteiger partial charge in [-0.25, -0.2) is 9.78 Å². The summed E-state index contributed by atoms with van der Waals surface area (Å²) in [5.41, 5.74) is 8.26. The van der Waals surface area contributed by atoms with E-state index in [1.165, 1.54) is 16.7 Å². The first-order chi connectivity index (χ1) is 22.6. The van der Waals surface area contributed by atoms with Crippen molar-refractivity contribution in [3.63, 3.8) is 0 Å². The van der Waals surface area contributed by atoms with Gasteiger partial charge in [-0.15, -0.1) is 0 Å². The van der Waals surface area contributed by atoms with Crippen molar-refractivity contribution in [1.29, 1.82) is 0 Å². The van der Waals surface area contributed by atoms with E-state index in [2.05, 4.69) is 72.3 Å². The highest BCUT2D eigenvalue weighted by molar-refractivity contribution is 5.94. The molecule has 2 amide bonds. The Labute approximate surface area is 278 Å². The van der Waals surface area contributed by atoms with E-state index in [0.29, 0.717) is 36.0 Å². The molecule has 0 aliphatic carbocycles. The molecule has 0 saturated carbocycles. The van der Waals surface area contributed by atoms with Crippen molar-refractivity contribution in [2.24, 2.45) is 0 Å². The largest absolute Gasteiger partial charge is 0.497 e. The Hall–Kier alpha value is -4.96. The summed E-state index contributed by atoms with van der Waals surface area (Å²) in [4.78, 5) is 38.2. The quantitative estimate of drug-likeness (QED) is 0.152. The molecule has 0 unspecified atom stereocenters. The fourth-order valence-corrected chi connectivity index (χ4v) is 5.26. The number of nitrogens with one attached hydrogen (secondary N) is 2. The lowest BCUT2D eigenvalue weighted by Gasteiger charge is -2.23. The van der Waals surface area contributed by atoms with E-state index in [9.17, 15) is 9.59 Å². The van der Waals surface area contributed by atoms with Crippen LogP contribution >= 0.6 is 0 Å². The van der Waals surface area contributed by atoms with Gasteiger partial charge in [0.15, 0.2) is 0 Å². The van der Waals surface area contributed by atoms with Crippen molar-refractivity contribution in [1.82, 2.24) is 19.8 Å². The van der Waals surface area contributed by atoms with Gasteiger partial charge in [0.1, 0.15) is 11.6 Å². The first kappa shape index (κ1) is 34.9. The monoisotopic (exact) mass is 638 g/mol. The van der Waals surface area contributed by atoms with Gasteiger partial charge in [0.2, 0.25) is 5.95 Å². The number of methoxy groups -OCH3 is 1. The van der Waals surface area contributed by atoms with Crippen LogP contribution in [-0.2, 0) is 11.2 Å². The van der Waals surface area contributed by atoms with Crippen LogP contribution in [-0.4, -0.2) is 78.7 Å². The molecule has 0 bridgehead atoms. The molecule has 0 aliphatic rings. The number of aromatic nitrogens is 2. The van der Waals surface area contributed by atoms with Crippen LogP contribution in [0, 0.1) is 20.8 Å². The van der Waals surface area contributed by atoms with E-state index in [0.717, 1.165) is 42.1 Å². The average molecular weight is 639 g/mol. The van der Waals surface area contributed by atoms with E-state index < -0.39 is 6.09 Å². The molecule has 10 nitrogen and oxygen atoms in total. The summed E-state index contributed by atoms with van der Waals surface area (Å²) < 4.78 is 11.0. The number of hydrogen-bond acceptors (Lipinski definition) is 8. The molecule has 0 radical (unpaired) electrons. The molecule has 0 spiro atoms. The minimum atomic E-state index is -0.611. The maximum atomic E-state index is 12.9. The number of carbonyl (C=O) groups is 2. The van der Waals surface area contributed by atoms with E-state index in [1.54, 1.807) is 48.5 Å². The molecular weight excluding hydrogens is 592 g/mol. The zero-order valence-corrected chi connectivity index (χ0v) is 28.5. The molecule has 4 rings (SSSR count). The van der Waals surface area contributed by atoms with Gasteiger partial charge in [-0.2, -0.15) is 4.98 Å². The molecular formula is C37H46N6O4. The van der Waals surface area contributed by atoms with E-state index in [-0.39, 0.29) is 12.5 Å². The van der Waals surface area contributed by atoms with E-state index in [4.69, 9.17) is 9.47 Å². The molecule has 10 heteroatoms.